The van der Waals surface area contributed by atoms with Crippen LogP contribution in [-0.2, 0) is 6.42 Å². The van der Waals surface area contributed by atoms with Gasteiger partial charge >= 0.3 is 0 Å². The van der Waals surface area contributed by atoms with Gasteiger partial charge in [0.15, 0.2) is 0 Å². The zero-order valence-electron chi connectivity index (χ0n) is 12.4. The molecule has 2 heteroatoms. The predicted octanol–water partition coefficient (Wildman–Crippen LogP) is 3.96. The molecular formula is C17H26O2. The monoisotopic (exact) mass is 262 g/mol. The van der Waals surface area contributed by atoms with E-state index in [2.05, 4.69) is 45.0 Å². The highest BCUT2D eigenvalue weighted by Crippen LogP contribution is 2.45. The van der Waals surface area contributed by atoms with Crippen LogP contribution in [0.1, 0.15) is 52.0 Å². The average Bonchev–Trinajstić information content (AvgIpc) is 2.45. The summed E-state index contributed by atoms with van der Waals surface area (Å²) in [4.78, 5) is 0. The van der Waals surface area contributed by atoms with Gasteiger partial charge in [-0.1, -0.05) is 39.3 Å². The van der Waals surface area contributed by atoms with E-state index in [9.17, 15) is 5.11 Å². The summed E-state index contributed by atoms with van der Waals surface area (Å²) in [6.07, 6.45) is 5.25. The van der Waals surface area contributed by atoms with E-state index in [4.69, 9.17) is 4.74 Å². The van der Waals surface area contributed by atoms with Crippen LogP contribution in [0.15, 0.2) is 24.3 Å². The second-order valence-electron chi connectivity index (χ2n) is 5.96. The minimum Gasteiger partial charge on any atom is -0.490 e. The molecule has 0 bridgehead atoms. The summed E-state index contributed by atoms with van der Waals surface area (Å²) < 4.78 is 6.03. The molecule has 106 valence electrons. The van der Waals surface area contributed by atoms with Gasteiger partial charge in [-0.15, -0.1) is 0 Å². The largest absolute Gasteiger partial charge is 0.490 e. The molecule has 1 aromatic rings. The highest BCUT2D eigenvalue weighted by Gasteiger charge is 2.51. The fraction of sp³-hybridized carbons (Fsp3) is 0.647. The van der Waals surface area contributed by atoms with E-state index in [-0.39, 0.29) is 17.6 Å². The summed E-state index contributed by atoms with van der Waals surface area (Å²) in [6, 6.07) is 8.43. The SMILES string of the molecule is CCCCc1ccc(OC2CC(O)C2(C)CC)cc1. The highest BCUT2D eigenvalue weighted by atomic mass is 16.5. The van der Waals surface area contributed by atoms with Crippen LogP contribution in [0.25, 0.3) is 0 Å². The molecule has 1 saturated carbocycles. The first-order valence-electron chi connectivity index (χ1n) is 7.53. The molecule has 0 radical (unpaired) electrons. The van der Waals surface area contributed by atoms with Crippen LogP contribution >= 0.6 is 0 Å². The Morgan fingerprint density at radius 1 is 1.26 bits per heavy atom. The van der Waals surface area contributed by atoms with E-state index < -0.39 is 0 Å². The van der Waals surface area contributed by atoms with Crippen molar-refractivity contribution >= 4 is 0 Å². The molecule has 1 aliphatic carbocycles. The average molecular weight is 262 g/mol. The summed E-state index contributed by atoms with van der Waals surface area (Å²) in [5.41, 5.74) is 1.29. The van der Waals surface area contributed by atoms with E-state index in [1.165, 1.54) is 18.4 Å². The number of rotatable bonds is 6. The summed E-state index contributed by atoms with van der Waals surface area (Å²) in [5.74, 6) is 0.928. The van der Waals surface area contributed by atoms with E-state index in [1.807, 2.05) is 0 Å². The van der Waals surface area contributed by atoms with Crippen molar-refractivity contribution in [1.29, 1.82) is 0 Å². The lowest BCUT2D eigenvalue weighted by atomic mass is 9.63. The molecule has 19 heavy (non-hydrogen) atoms. The number of hydrogen-bond donors (Lipinski definition) is 1. The number of ether oxygens (including phenoxy) is 1. The van der Waals surface area contributed by atoms with Gasteiger partial charge in [0.2, 0.25) is 0 Å². The number of unbranched alkanes of at least 4 members (excludes halogenated alkanes) is 1. The van der Waals surface area contributed by atoms with Gasteiger partial charge in [0, 0.05) is 11.8 Å². The number of benzene rings is 1. The molecule has 0 heterocycles. The fourth-order valence-corrected chi connectivity index (χ4v) is 2.72. The molecule has 2 rings (SSSR count). The Hall–Kier alpha value is -1.02. The molecule has 1 fully saturated rings. The van der Waals surface area contributed by atoms with Gasteiger partial charge in [-0.2, -0.15) is 0 Å². The Labute approximate surface area is 116 Å². The molecule has 1 N–H and O–H groups in total. The third kappa shape index (κ3) is 2.94. The van der Waals surface area contributed by atoms with E-state index >= 15 is 0 Å². The van der Waals surface area contributed by atoms with Crippen LogP contribution in [0.2, 0.25) is 0 Å². The van der Waals surface area contributed by atoms with Crippen molar-refractivity contribution < 1.29 is 9.84 Å². The first-order valence-corrected chi connectivity index (χ1v) is 7.53. The van der Waals surface area contributed by atoms with Gasteiger partial charge in [-0.05, 0) is 37.0 Å². The van der Waals surface area contributed by atoms with E-state index in [0.717, 1.165) is 25.0 Å². The van der Waals surface area contributed by atoms with Crippen LogP contribution in [-0.4, -0.2) is 17.3 Å². The lowest BCUT2D eigenvalue weighted by Crippen LogP contribution is -2.57. The van der Waals surface area contributed by atoms with Crippen LogP contribution < -0.4 is 4.74 Å². The van der Waals surface area contributed by atoms with Crippen molar-refractivity contribution in [2.45, 2.75) is 65.1 Å². The Morgan fingerprint density at radius 2 is 1.95 bits per heavy atom. The molecular weight excluding hydrogens is 236 g/mol. The van der Waals surface area contributed by atoms with Crippen molar-refractivity contribution in [2.75, 3.05) is 0 Å². The predicted molar refractivity (Wildman–Crippen MR) is 78.5 cm³/mol. The second kappa shape index (κ2) is 5.96. The molecule has 3 atom stereocenters. The van der Waals surface area contributed by atoms with E-state index in [1.54, 1.807) is 0 Å². The maximum Gasteiger partial charge on any atom is 0.119 e. The molecule has 0 amide bonds. The molecule has 0 saturated heterocycles. The number of aliphatic hydroxyl groups excluding tert-OH is 1. The maximum atomic E-state index is 9.88. The van der Waals surface area contributed by atoms with Gasteiger partial charge < -0.3 is 9.84 Å². The summed E-state index contributed by atoms with van der Waals surface area (Å²) in [7, 11) is 0. The first kappa shape index (κ1) is 14.4. The van der Waals surface area contributed by atoms with Crippen LogP contribution in [0.5, 0.6) is 5.75 Å². The number of aryl methyl sites for hydroxylation is 1. The molecule has 1 aromatic carbocycles. The third-order valence-corrected chi connectivity index (χ3v) is 4.72. The van der Waals surface area contributed by atoms with Crippen molar-refractivity contribution in [2.24, 2.45) is 5.41 Å². The van der Waals surface area contributed by atoms with Gasteiger partial charge in [0.1, 0.15) is 11.9 Å². The summed E-state index contributed by atoms with van der Waals surface area (Å²) >= 11 is 0. The smallest absolute Gasteiger partial charge is 0.119 e. The number of hydrogen-bond acceptors (Lipinski definition) is 2. The minimum atomic E-state index is -0.216. The molecule has 0 spiro atoms. The second-order valence-corrected chi connectivity index (χ2v) is 5.96. The van der Waals surface area contributed by atoms with Crippen LogP contribution in [0.4, 0.5) is 0 Å². The van der Waals surface area contributed by atoms with Gasteiger partial charge in [0.25, 0.3) is 0 Å². The maximum absolute atomic E-state index is 9.88. The molecule has 3 unspecified atom stereocenters. The lowest BCUT2D eigenvalue weighted by Gasteiger charge is -2.50. The minimum absolute atomic E-state index is 0.0825. The van der Waals surface area contributed by atoms with Crippen LogP contribution in [0.3, 0.4) is 0 Å². The van der Waals surface area contributed by atoms with Crippen molar-refractivity contribution in [3.63, 3.8) is 0 Å². The van der Waals surface area contributed by atoms with E-state index in [0.29, 0.717) is 0 Å². The summed E-state index contributed by atoms with van der Waals surface area (Å²) in [6.45, 7) is 6.44. The zero-order chi connectivity index (χ0) is 13.9. The Morgan fingerprint density at radius 3 is 2.47 bits per heavy atom. The first-order chi connectivity index (χ1) is 9.10. The normalized spacial score (nSPS) is 29.9. The topological polar surface area (TPSA) is 29.5 Å². The Balaban J connectivity index is 1.93. The summed E-state index contributed by atoms with van der Waals surface area (Å²) in [5, 5.41) is 9.88. The van der Waals surface area contributed by atoms with Crippen molar-refractivity contribution in [3.8, 4) is 5.75 Å². The molecule has 0 aliphatic heterocycles. The Kier molecular flexibility index (Phi) is 4.51. The number of aliphatic hydroxyl groups is 1. The lowest BCUT2D eigenvalue weighted by molar-refractivity contribution is -0.147. The zero-order valence-corrected chi connectivity index (χ0v) is 12.4. The van der Waals surface area contributed by atoms with Crippen molar-refractivity contribution in [3.05, 3.63) is 29.8 Å². The van der Waals surface area contributed by atoms with Gasteiger partial charge in [-0.3, -0.25) is 0 Å². The van der Waals surface area contributed by atoms with Crippen molar-refractivity contribution in [1.82, 2.24) is 0 Å². The van der Waals surface area contributed by atoms with Crippen LogP contribution in [0, 0.1) is 5.41 Å². The molecule has 0 aromatic heterocycles. The standard InChI is InChI=1S/C17H26O2/c1-4-6-7-13-8-10-14(11-9-13)19-16-12-15(18)17(16,3)5-2/h8-11,15-16,18H,4-7,12H2,1-3H3. The highest BCUT2D eigenvalue weighted by molar-refractivity contribution is 5.28. The third-order valence-electron chi connectivity index (χ3n) is 4.72. The molecule has 2 nitrogen and oxygen atoms in total. The molecule has 1 aliphatic rings. The fourth-order valence-electron chi connectivity index (χ4n) is 2.72. The Bertz CT molecular complexity index is 398. The van der Waals surface area contributed by atoms with Gasteiger partial charge in [0.05, 0.1) is 6.10 Å². The quantitative estimate of drug-likeness (QED) is 0.841. The van der Waals surface area contributed by atoms with Gasteiger partial charge in [-0.25, -0.2) is 0 Å².